The summed E-state index contributed by atoms with van der Waals surface area (Å²) in [5.41, 5.74) is 11.2. The Kier molecular flexibility index (Phi) is 4.14. The molecule has 4 N–H and O–H groups in total. The number of aromatic nitrogens is 4. The summed E-state index contributed by atoms with van der Waals surface area (Å²) in [5, 5.41) is 1.20. The molecule has 0 fully saturated rings. The first kappa shape index (κ1) is 15.0. The maximum atomic E-state index is 5.66. The molecule has 0 radical (unpaired) electrons. The van der Waals surface area contributed by atoms with E-state index < -0.39 is 0 Å². The van der Waals surface area contributed by atoms with Crippen LogP contribution < -0.4 is 11.5 Å². The number of hydrogen-bond acceptors (Lipinski definition) is 7. The van der Waals surface area contributed by atoms with Gasteiger partial charge in [-0.1, -0.05) is 20.8 Å². The first-order chi connectivity index (χ1) is 9.24. The number of nitrogen functional groups attached to an aromatic ring is 2. The van der Waals surface area contributed by atoms with Gasteiger partial charge in [-0.05, 0) is 27.7 Å². The second-order valence-corrected chi connectivity index (χ2v) is 7.00. The zero-order valence-electron chi connectivity index (χ0n) is 11.4. The summed E-state index contributed by atoms with van der Waals surface area (Å²) in [4.78, 5) is 17.2. The van der Waals surface area contributed by atoms with Gasteiger partial charge < -0.3 is 11.5 Å². The van der Waals surface area contributed by atoms with Crippen LogP contribution in [0.25, 0.3) is 0 Å². The van der Waals surface area contributed by atoms with Crippen molar-refractivity contribution in [2.24, 2.45) is 0 Å². The fraction of sp³-hybridized carbons (Fsp3) is 0.333. The predicted octanol–water partition coefficient (Wildman–Crippen LogP) is 2.64. The molecule has 0 saturated carbocycles. The third-order valence-corrected chi connectivity index (χ3v) is 3.47. The molecule has 0 spiro atoms. The minimum absolute atomic E-state index is 0.144. The zero-order chi connectivity index (χ0) is 14.9. The number of nitrogens with two attached hydrogens (primary N) is 2. The van der Waals surface area contributed by atoms with Crippen LogP contribution in [0.1, 0.15) is 26.6 Å². The van der Waals surface area contributed by atoms with E-state index in [0.717, 1.165) is 15.5 Å². The Morgan fingerprint density at radius 1 is 1.00 bits per heavy atom. The molecule has 20 heavy (non-hydrogen) atoms. The van der Waals surface area contributed by atoms with Crippen LogP contribution in [0.3, 0.4) is 0 Å². The number of halogens is 1. The molecular formula is C12H15BrN6S. The largest absolute Gasteiger partial charge is 0.383 e. The van der Waals surface area contributed by atoms with Crippen LogP contribution in [-0.2, 0) is 5.41 Å². The van der Waals surface area contributed by atoms with Crippen LogP contribution in [-0.4, -0.2) is 19.9 Å². The molecule has 106 valence electrons. The highest BCUT2D eigenvalue weighted by Crippen LogP contribution is 2.28. The van der Waals surface area contributed by atoms with Crippen molar-refractivity contribution in [2.75, 3.05) is 11.5 Å². The lowest BCUT2D eigenvalue weighted by molar-refractivity contribution is 0.536. The molecule has 0 unspecified atom stereocenters. The van der Waals surface area contributed by atoms with Crippen LogP contribution in [0.4, 0.5) is 11.6 Å². The molecular weight excluding hydrogens is 340 g/mol. The monoisotopic (exact) mass is 354 g/mol. The van der Waals surface area contributed by atoms with Crippen molar-refractivity contribution in [1.29, 1.82) is 0 Å². The quantitative estimate of drug-likeness (QED) is 0.630. The van der Waals surface area contributed by atoms with E-state index in [9.17, 15) is 0 Å². The fourth-order valence-electron chi connectivity index (χ4n) is 1.39. The first-order valence-electron chi connectivity index (χ1n) is 5.87. The second kappa shape index (κ2) is 5.53. The van der Waals surface area contributed by atoms with Gasteiger partial charge in [0.25, 0.3) is 0 Å². The maximum Gasteiger partial charge on any atom is 0.197 e. The van der Waals surface area contributed by atoms with E-state index in [2.05, 4.69) is 56.6 Å². The lowest BCUT2D eigenvalue weighted by Crippen LogP contribution is -2.16. The smallest absolute Gasteiger partial charge is 0.197 e. The number of anilines is 2. The van der Waals surface area contributed by atoms with Crippen LogP contribution >= 0.6 is 27.7 Å². The Labute approximate surface area is 129 Å². The van der Waals surface area contributed by atoms with Crippen molar-refractivity contribution in [1.82, 2.24) is 19.9 Å². The third-order valence-electron chi connectivity index (χ3n) is 2.28. The van der Waals surface area contributed by atoms with Crippen molar-refractivity contribution in [3.63, 3.8) is 0 Å². The Hall–Kier alpha value is -1.41. The van der Waals surface area contributed by atoms with E-state index in [1.807, 2.05) is 6.07 Å². The van der Waals surface area contributed by atoms with E-state index in [-0.39, 0.29) is 5.41 Å². The normalized spacial score (nSPS) is 11.6. The van der Waals surface area contributed by atoms with Gasteiger partial charge in [0.05, 0.1) is 0 Å². The Bertz CT molecular complexity index is 620. The molecule has 0 atom stereocenters. The number of hydrogen-bond donors (Lipinski definition) is 2. The first-order valence-corrected chi connectivity index (χ1v) is 7.48. The second-order valence-electron chi connectivity index (χ2n) is 5.20. The molecule has 0 bridgehead atoms. The Balaban J connectivity index is 2.36. The summed E-state index contributed by atoms with van der Waals surface area (Å²) in [7, 11) is 0. The molecule has 0 saturated heterocycles. The van der Waals surface area contributed by atoms with Crippen molar-refractivity contribution in [3.05, 3.63) is 22.6 Å². The molecule has 0 aliphatic heterocycles. The summed E-state index contributed by atoms with van der Waals surface area (Å²) in [6, 6.07) is 3.32. The van der Waals surface area contributed by atoms with Gasteiger partial charge in [-0.2, -0.15) is 0 Å². The molecule has 6 nitrogen and oxygen atoms in total. The van der Waals surface area contributed by atoms with Gasteiger partial charge in [0.1, 0.15) is 27.1 Å². The molecule has 2 rings (SSSR count). The van der Waals surface area contributed by atoms with Gasteiger partial charge >= 0.3 is 0 Å². The van der Waals surface area contributed by atoms with Crippen molar-refractivity contribution >= 4 is 39.3 Å². The van der Waals surface area contributed by atoms with Gasteiger partial charge in [-0.15, -0.1) is 0 Å². The Morgan fingerprint density at radius 2 is 1.60 bits per heavy atom. The van der Waals surface area contributed by atoms with E-state index in [1.165, 1.54) is 17.8 Å². The Morgan fingerprint density at radius 3 is 2.15 bits per heavy atom. The van der Waals surface area contributed by atoms with Gasteiger partial charge in [-0.3, -0.25) is 0 Å². The van der Waals surface area contributed by atoms with Crippen molar-refractivity contribution < 1.29 is 0 Å². The van der Waals surface area contributed by atoms with Gasteiger partial charge in [0.15, 0.2) is 5.16 Å². The molecule has 0 aliphatic rings. The average Bonchev–Trinajstić information content (AvgIpc) is 2.25. The summed E-state index contributed by atoms with van der Waals surface area (Å²) < 4.78 is 0.719. The lowest BCUT2D eigenvalue weighted by Gasteiger charge is -2.17. The number of rotatable bonds is 2. The average molecular weight is 355 g/mol. The SMILES string of the molecule is CC(C)(C)c1nc(Br)cc(Sc2nc(N)cc(N)n2)n1. The van der Waals surface area contributed by atoms with Crippen LogP contribution in [0.2, 0.25) is 0 Å². The third kappa shape index (κ3) is 3.80. The molecule has 8 heteroatoms. The molecule has 2 heterocycles. The summed E-state index contributed by atoms with van der Waals surface area (Å²) in [6.45, 7) is 6.16. The molecule has 2 aromatic rings. The van der Waals surface area contributed by atoms with E-state index in [1.54, 1.807) is 0 Å². The van der Waals surface area contributed by atoms with Crippen LogP contribution in [0.5, 0.6) is 0 Å². The van der Waals surface area contributed by atoms with Gasteiger partial charge in [-0.25, -0.2) is 19.9 Å². The highest BCUT2D eigenvalue weighted by Gasteiger charge is 2.19. The predicted molar refractivity (Wildman–Crippen MR) is 83.4 cm³/mol. The lowest BCUT2D eigenvalue weighted by atomic mass is 9.96. The molecule has 0 aromatic carbocycles. The van der Waals surface area contributed by atoms with Crippen molar-refractivity contribution in [3.8, 4) is 0 Å². The van der Waals surface area contributed by atoms with Crippen LogP contribution in [0, 0.1) is 0 Å². The maximum absolute atomic E-state index is 5.66. The minimum atomic E-state index is -0.144. The molecule has 0 amide bonds. The van der Waals surface area contributed by atoms with Crippen LogP contribution in [0.15, 0.2) is 26.9 Å². The molecule has 0 aliphatic carbocycles. The summed E-state index contributed by atoms with van der Waals surface area (Å²) in [5.74, 6) is 1.42. The summed E-state index contributed by atoms with van der Waals surface area (Å²) in [6.07, 6.45) is 0. The van der Waals surface area contributed by atoms with E-state index in [0.29, 0.717) is 16.8 Å². The molecule has 2 aromatic heterocycles. The fourth-order valence-corrected chi connectivity index (χ4v) is 2.71. The van der Waals surface area contributed by atoms with E-state index in [4.69, 9.17) is 11.5 Å². The highest BCUT2D eigenvalue weighted by atomic mass is 79.9. The standard InChI is InChI=1S/C12H15BrN6S/c1-12(2,3)10-16-6(13)4-9(19-10)20-11-17-7(14)5-8(15)18-11/h4-5H,1-3H3,(H4,14,15,17,18). The van der Waals surface area contributed by atoms with Gasteiger partial charge in [0.2, 0.25) is 0 Å². The minimum Gasteiger partial charge on any atom is -0.383 e. The highest BCUT2D eigenvalue weighted by molar-refractivity contribution is 9.10. The van der Waals surface area contributed by atoms with Gasteiger partial charge in [0, 0.05) is 17.5 Å². The number of nitrogens with zero attached hydrogens (tertiary/aromatic N) is 4. The van der Waals surface area contributed by atoms with Crippen molar-refractivity contribution in [2.45, 2.75) is 36.4 Å². The zero-order valence-corrected chi connectivity index (χ0v) is 13.8. The van der Waals surface area contributed by atoms with E-state index >= 15 is 0 Å². The topological polar surface area (TPSA) is 104 Å². The summed E-state index contributed by atoms with van der Waals surface area (Å²) >= 11 is 4.69.